The van der Waals surface area contributed by atoms with Crippen molar-refractivity contribution in [1.29, 1.82) is 0 Å². The quantitative estimate of drug-likeness (QED) is 0.460. The Labute approximate surface area is 174 Å². The number of nitrogens with zero attached hydrogens (tertiary/aromatic N) is 5. The summed E-state index contributed by atoms with van der Waals surface area (Å²) in [4.78, 5) is 15.9. The highest BCUT2D eigenvalue weighted by Crippen LogP contribution is 2.38. The molecule has 5 aromatic rings. The Bertz CT molecular complexity index is 1340. The normalized spacial score (nSPS) is 14.3. The second-order valence-electron chi connectivity index (χ2n) is 7.09. The molecule has 0 atom stereocenters. The van der Waals surface area contributed by atoms with E-state index in [0.29, 0.717) is 17.5 Å². The van der Waals surface area contributed by atoms with Crippen LogP contribution in [0, 0.1) is 5.82 Å². The van der Waals surface area contributed by atoms with E-state index in [2.05, 4.69) is 19.9 Å². The van der Waals surface area contributed by atoms with Crippen LogP contribution in [-0.4, -0.2) is 41.2 Å². The maximum absolute atomic E-state index is 13.5. The number of H-pyrrole nitrogens is 1. The number of nitrogens with one attached hydrogen (secondary N) is 1. The van der Waals surface area contributed by atoms with E-state index in [-0.39, 0.29) is 5.82 Å². The minimum atomic E-state index is -0.279. The van der Waals surface area contributed by atoms with Gasteiger partial charge in [-0.3, -0.25) is 4.68 Å². The van der Waals surface area contributed by atoms with Crippen molar-refractivity contribution in [2.75, 3.05) is 11.5 Å². The molecular weight excluding hydrogens is 403 g/mol. The number of fused-ring (bicyclic) bond motifs is 1. The Morgan fingerprint density at radius 1 is 1.13 bits per heavy atom. The number of aromatic amines is 1. The topological polar surface area (TPSA) is 85.4 Å². The molecule has 4 aromatic heterocycles. The zero-order valence-corrected chi connectivity index (χ0v) is 16.4. The van der Waals surface area contributed by atoms with Crippen LogP contribution in [0.1, 0.15) is 6.04 Å². The molecule has 1 N–H and O–H groups in total. The predicted octanol–water partition coefficient (Wildman–Crippen LogP) is 4.57. The van der Waals surface area contributed by atoms with Crippen molar-refractivity contribution in [3.05, 3.63) is 61.2 Å². The number of imidazole rings is 1. The van der Waals surface area contributed by atoms with Crippen LogP contribution in [-0.2, 0) is 0 Å². The van der Waals surface area contributed by atoms with E-state index in [1.165, 1.54) is 18.5 Å². The van der Waals surface area contributed by atoms with E-state index in [1.807, 2.05) is 28.7 Å². The van der Waals surface area contributed by atoms with E-state index in [4.69, 9.17) is 9.52 Å². The van der Waals surface area contributed by atoms with Crippen molar-refractivity contribution in [1.82, 2.24) is 29.7 Å². The van der Waals surface area contributed by atoms with Gasteiger partial charge in [-0.25, -0.2) is 19.3 Å². The molecule has 30 heavy (non-hydrogen) atoms. The number of thioether (sulfide) groups is 1. The molecule has 1 aliphatic rings. The number of halogens is 1. The molecule has 148 valence electrons. The molecule has 1 fully saturated rings. The summed E-state index contributed by atoms with van der Waals surface area (Å²) in [7, 11) is 0. The predicted molar refractivity (Wildman–Crippen MR) is 112 cm³/mol. The third kappa shape index (κ3) is 2.81. The summed E-state index contributed by atoms with van der Waals surface area (Å²) in [5.41, 5.74) is 4.44. The molecule has 0 saturated carbocycles. The Morgan fingerprint density at radius 3 is 2.73 bits per heavy atom. The first kappa shape index (κ1) is 17.4. The lowest BCUT2D eigenvalue weighted by molar-refractivity contribution is 0.528. The van der Waals surface area contributed by atoms with Gasteiger partial charge in [0, 0.05) is 28.8 Å². The molecule has 0 radical (unpaired) electrons. The molecule has 0 aliphatic carbocycles. The fourth-order valence-corrected chi connectivity index (χ4v) is 4.29. The number of benzene rings is 1. The van der Waals surface area contributed by atoms with Gasteiger partial charge >= 0.3 is 0 Å². The fourth-order valence-electron chi connectivity index (χ4n) is 3.54. The van der Waals surface area contributed by atoms with Crippen molar-refractivity contribution in [2.24, 2.45) is 0 Å². The van der Waals surface area contributed by atoms with Gasteiger partial charge in [0.2, 0.25) is 5.71 Å². The fraction of sp³-hybridized carbons (Fsp3) is 0.143. The van der Waals surface area contributed by atoms with Crippen LogP contribution in [0.2, 0.25) is 0 Å². The first-order valence-corrected chi connectivity index (χ1v) is 10.6. The van der Waals surface area contributed by atoms with Gasteiger partial charge in [-0.2, -0.15) is 16.9 Å². The zero-order chi connectivity index (χ0) is 20.1. The van der Waals surface area contributed by atoms with Crippen LogP contribution in [0.4, 0.5) is 4.39 Å². The average Bonchev–Trinajstić information content (AvgIpc) is 3.46. The van der Waals surface area contributed by atoms with Crippen LogP contribution in [0.3, 0.4) is 0 Å². The van der Waals surface area contributed by atoms with Gasteiger partial charge in [-0.15, -0.1) is 0 Å². The van der Waals surface area contributed by atoms with E-state index < -0.39 is 0 Å². The van der Waals surface area contributed by atoms with Gasteiger partial charge in [0.1, 0.15) is 23.5 Å². The summed E-state index contributed by atoms with van der Waals surface area (Å²) >= 11 is 1.89. The molecule has 5 heterocycles. The Kier molecular flexibility index (Phi) is 3.95. The van der Waals surface area contributed by atoms with Crippen LogP contribution < -0.4 is 0 Å². The molecule has 1 aromatic carbocycles. The number of furan rings is 1. The third-order valence-corrected chi connectivity index (χ3v) is 6.43. The van der Waals surface area contributed by atoms with Gasteiger partial charge in [-0.1, -0.05) is 0 Å². The third-order valence-electron chi connectivity index (χ3n) is 5.19. The maximum Gasteiger partial charge on any atom is 0.230 e. The van der Waals surface area contributed by atoms with Crippen LogP contribution >= 0.6 is 11.8 Å². The van der Waals surface area contributed by atoms with Crippen LogP contribution in [0.25, 0.3) is 45.1 Å². The number of hydrogen-bond donors (Lipinski definition) is 1. The first-order chi connectivity index (χ1) is 14.8. The van der Waals surface area contributed by atoms with Crippen molar-refractivity contribution >= 4 is 22.9 Å². The highest BCUT2D eigenvalue weighted by atomic mass is 32.2. The van der Waals surface area contributed by atoms with Crippen molar-refractivity contribution < 1.29 is 8.81 Å². The molecule has 9 heteroatoms. The summed E-state index contributed by atoms with van der Waals surface area (Å²) < 4.78 is 21.4. The molecule has 0 bridgehead atoms. The maximum atomic E-state index is 13.5. The van der Waals surface area contributed by atoms with E-state index in [1.54, 1.807) is 24.7 Å². The minimum Gasteiger partial charge on any atom is -0.436 e. The lowest BCUT2D eigenvalue weighted by Crippen LogP contribution is -2.23. The second kappa shape index (κ2) is 6.81. The lowest BCUT2D eigenvalue weighted by Gasteiger charge is -2.24. The molecule has 1 saturated heterocycles. The standard InChI is InChI=1S/C21H15FN6OS/c22-13-3-1-12(2-4-13)19-16(7-28(27-19)14-8-30-9-14)20-15-5-18(17-6-23-10-24-17)29-21(15)26-11-25-20/h1-7,10-11,14H,8-9H2,(H,23,24). The van der Waals surface area contributed by atoms with Gasteiger partial charge in [0.25, 0.3) is 0 Å². The molecule has 0 spiro atoms. The van der Waals surface area contributed by atoms with Gasteiger partial charge in [0.15, 0.2) is 5.76 Å². The van der Waals surface area contributed by atoms with Crippen LogP contribution in [0.5, 0.6) is 0 Å². The average molecular weight is 418 g/mol. The molecular formula is C21H15FN6OS. The zero-order valence-electron chi connectivity index (χ0n) is 15.6. The molecule has 1 aliphatic heterocycles. The SMILES string of the molecule is Fc1ccc(-c2nn(C3CSC3)cc2-c2ncnc3oc(-c4cnc[nH]4)cc23)cc1. The second-order valence-corrected chi connectivity index (χ2v) is 8.16. The molecule has 7 nitrogen and oxygen atoms in total. The van der Waals surface area contributed by atoms with E-state index >= 15 is 0 Å². The van der Waals surface area contributed by atoms with Crippen molar-refractivity contribution in [2.45, 2.75) is 6.04 Å². The summed E-state index contributed by atoms with van der Waals surface area (Å²) in [6, 6.07) is 8.63. The Balaban J connectivity index is 1.55. The minimum absolute atomic E-state index is 0.279. The Morgan fingerprint density at radius 2 is 2.00 bits per heavy atom. The van der Waals surface area contributed by atoms with Gasteiger partial charge in [-0.05, 0) is 30.3 Å². The summed E-state index contributed by atoms with van der Waals surface area (Å²) in [6.07, 6.45) is 6.81. The highest BCUT2D eigenvalue weighted by molar-refractivity contribution is 8.00. The number of aromatic nitrogens is 6. The molecule has 0 unspecified atom stereocenters. The monoisotopic (exact) mass is 418 g/mol. The molecule has 0 amide bonds. The lowest BCUT2D eigenvalue weighted by atomic mass is 10.0. The van der Waals surface area contributed by atoms with Crippen molar-refractivity contribution in [3.63, 3.8) is 0 Å². The van der Waals surface area contributed by atoms with Crippen LogP contribution in [0.15, 0.2) is 59.8 Å². The summed E-state index contributed by atoms with van der Waals surface area (Å²) in [5.74, 6) is 2.41. The number of hydrogen-bond acceptors (Lipinski definition) is 6. The summed E-state index contributed by atoms with van der Waals surface area (Å²) in [5, 5.41) is 5.63. The van der Waals surface area contributed by atoms with E-state index in [0.717, 1.165) is 45.1 Å². The Hall–Kier alpha value is -3.46. The largest absolute Gasteiger partial charge is 0.436 e. The van der Waals surface area contributed by atoms with Crippen molar-refractivity contribution in [3.8, 4) is 34.0 Å². The van der Waals surface area contributed by atoms with Gasteiger partial charge in [0.05, 0.1) is 29.6 Å². The smallest absolute Gasteiger partial charge is 0.230 e. The molecule has 6 rings (SSSR count). The van der Waals surface area contributed by atoms with Gasteiger partial charge < -0.3 is 9.40 Å². The van der Waals surface area contributed by atoms with E-state index in [9.17, 15) is 4.39 Å². The highest BCUT2D eigenvalue weighted by Gasteiger charge is 2.25. The number of rotatable bonds is 4. The first-order valence-electron chi connectivity index (χ1n) is 9.43. The summed E-state index contributed by atoms with van der Waals surface area (Å²) in [6.45, 7) is 0.